The standard InChI is InChI=1S/C15H19NO4S/c1-4-20-15(17)10-9-14-12(3)16(14)21(18,19)13-7-5-11(2)6-8-13/h5-10,12,14H,4H2,1-3H3/b10-9+. The van der Waals surface area contributed by atoms with Crippen molar-refractivity contribution in [2.24, 2.45) is 0 Å². The van der Waals surface area contributed by atoms with Gasteiger partial charge in [-0.2, -0.15) is 4.31 Å². The molecule has 3 unspecified atom stereocenters. The van der Waals surface area contributed by atoms with Crippen molar-refractivity contribution in [3.8, 4) is 0 Å². The number of benzene rings is 1. The van der Waals surface area contributed by atoms with Crippen LogP contribution in [0.1, 0.15) is 19.4 Å². The Hall–Kier alpha value is -1.66. The first-order chi connectivity index (χ1) is 9.87. The SMILES string of the molecule is CCOC(=O)/C=C/C1C(C)N1S(=O)(=O)c1ccc(C)cc1. The Morgan fingerprint density at radius 2 is 1.95 bits per heavy atom. The van der Waals surface area contributed by atoms with Gasteiger partial charge in [-0.25, -0.2) is 13.2 Å². The van der Waals surface area contributed by atoms with Gasteiger partial charge in [-0.15, -0.1) is 0 Å². The Labute approximate surface area is 125 Å². The van der Waals surface area contributed by atoms with Gasteiger partial charge in [0.05, 0.1) is 17.5 Å². The van der Waals surface area contributed by atoms with Gasteiger partial charge in [0.1, 0.15) is 0 Å². The topological polar surface area (TPSA) is 63.5 Å². The van der Waals surface area contributed by atoms with Crippen molar-refractivity contribution in [2.75, 3.05) is 6.61 Å². The Balaban J connectivity index is 2.12. The summed E-state index contributed by atoms with van der Waals surface area (Å²) in [6, 6.07) is 6.29. The summed E-state index contributed by atoms with van der Waals surface area (Å²) in [5, 5.41) is 0. The highest BCUT2D eigenvalue weighted by atomic mass is 32.2. The molecule has 1 fully saturated rings. The van der Waals surface area contributed by atoms with Gasteiger partial charge in [0, 0.05) is 12.1 Å². The Bertz CT molecular complexity index is 649. The average molecular weight is 309 g/mol. The molecule has 0 spiro atoms. The van der Waals surface area contributed by atoms with Crippen LogP contribution in [0.4, 0.5) is 0 Å². The maximum Gasteiger partial charge on any atom is 0.330 e. The first-order valence-electron chi connectivity index (χ1n) is 6.83. The summed E-state index contributed by atoms with van der Waals surface area (Å²) in [5.41, 5.74) is 1.01. The molecule has 0 bridgehead atoms. The second kappa shape index (κ2) is 5.99. The predicted molar refractivity (Wildman–Crippen MR) is 79.2 cm³/mol. The average Bonchev–Trinajstić information content (AvgIpc) is 3.08. The van der Waals surface area contributed by atoms with E-state index in [0.717, 1.165) is 5.56 Å². The number of hydrogen-bond donors (Lipinski definition) is 0. The quantitative estimate of drug-likeness (QED) is 0.473. The van der Waals surface area contributed by atoms with Crippen molar-refractivity contribution in [2.45, 2.75) is 37.8 Å². The van der Waals surface area contributed by atoms with E-state index in [-0.39, 0.29) is 17.0 Å². The molecule has 0 amide bonds. The van der Waals surface area contributed by atoms with E-state index in [0.29, 0.717) is 6.61 Å². The van der Waals surface area contributed by atoms with Crippen molar-refractivity contribution >= 4 is 16.0 Å². The van der Waals surface area contributed by atoms with Crippen LogP contribution >= 0.6 is 0 Å². The fourth-order valence-corrected chi connectivity index (χ4v) is 3.97. The summed E-state index contributed by atoms with van der Waals surface area (Å²) in [5.74, 6) is -0.454. The molecule has 1 aromatic rings. The fraction of sp³-hybridized carbons (Fsp3) is 0.400. The molecule has 3 atom stereocenters. The maximum absolute atomic E-state index is 12.5. The number of nitrogens with zero attached hydrogens (tertiary/aromatic N) is 1. The molecule has 1 heterocycles. The van der Waals surface area contributed by atoms with Crippen LogP contribution in [-0.4, -0.2) is 37.4 Å². The summed E-state index contributed by atoms with van der Waals surface area (Å²) in [7, 11) is -3.51. The van der Waals surface area contributed by atoms with Crippen LogP contribution in [0.5, 0.6) is 0 Å². The van der Waals surface area contributed by atoms with Crippen LogP contribution in [0.25, 0.3) is 0 Å². The molecule has 0 saturated carbocycles. The number of aryl methyl sites for hydroxylation is 1. The van der Waals surface area contributed by atoms with E-state index in [9.17, 15) is 13.2 Å². The highest BCUT2D eigenvalue weighted by Crippen LogP contribution is 2.36. The third-order valence-electron chi connectivity index (χ3n) is 3.41. The minimum absolute atomic E-state index is 0.151. The number of rotatable bonds is 5. The summed E-state index contributed by atoms with van der Waals surface area (Å²) in [6.07, 6.45) is 2.86. The van der Waals surface area contributed by atoms with Gasteiger partial charge in [0.15, 0.2) is 0 Å². The first-order valence-corrected chi connectivity index (χ1v) is 8.27. The lowest BCUT2D eigenvalue weighted by Crippen LogP contribution is -2.15. The largest absolute Gasteiger partial charge is 0.463 e. The minimum Gasteiger partial charge on any atom is -0.463 e. The number of esters is 1. The van der Waals surface area contributed by atoms with E-state index >= 15 is 0 Å². The molecule has 0 aromatic heterocycles. The van der Waals surface area contributed by atoms with Crippen LogP contribution in [0.15, 0.2) is 41.3 Å². The smallest absolute Gasteiger partial charge is 0.330 e. The Morgan fingerprint density at radius 3 is 2.52 bits per heavy atom. The van der Waals surface area contributed by atoms with Gasteiger partial charge in [-0.3, -0.25) is 0 Å². The summed E-state index contributed by atoms with van der Waals surface area (Å²) in [4.78, 5) is 11.5. The second-order valence-electron chi connectivity index (χ2n) is 4.99. The molecule has 6 heteroatoms. The molecular formula is C15H19NO4S. The molecule has 1 aromatic carbocycles. The molecule has 2 rings (SSSR count). The lowest BCUT2D eigenvalue weighted by Gasteiger charge is -2.05. The molecule has 1 aliphatic rings. The summed E-state index contributed by atoms with van der Waals surface area (Å²) < 4.78 is 31.1. The van der Waals surface area contributed by atoms with Gasteiger partial charge in [-0.05, 0) is 32.9 Å². The van der Waals surface area contributed by atoms with Crippen molar-refractivity contribution in [3.63, 3.8) is 0 Å². The molecule has 1 saturated heterocycles. The summed E-state index contributed by atoms with van der Waals surface area (Å²) >= 11 is 0. The molecule has 1 aliphatic heterocycles. The minimum atomic E-state index is -3.51. The van der Waals surface area contributed by atoms with E-state index in [1.165, 1.54) is 10.4 Å². The van der Waals surface area contributed by atoms with Crippen LogP contribution < -0.4 is 0 Å². The lowest BCUT2D eigenvalue weighted by molar-refractivity contribution is -0.137. The van der Waals surface area contributed by atoms with Gasteiger partial charge >= 0.3 is 5.97 Å². The third-order valence-corrected chi connectivity index (χ3v) is 5.41. The van der Waals surface area contributed by atoms with E-state index in [1.54, 1.807) is 37.3 Å². The van der Waals surface area contributed by atoms with E-state index in [2.05, 4.69) is 0 Å². The van der Waals surface area contributed by atoms with Crippen molar-refractivity contribution in [1.29, 1.82) is 0 Å². The van der Waals surface area contributed by atoms with Crippen molar-refractivity contribution < 1.29 is 17.9 Å². The number of sulfonamides is 1. The molecule has 5 nitrogen and oxygen atoms in total. The zero-order valence-corrected chi connectivity index (χ0v) is 13.1. The molecule has 0 aliphatic carbocycles. The predicted octanol–water partition coefficient (Wildman–Crippen LogP) is 1.88. The van der Waals surface area contributed by atoms with E-state index < -0.39 is 16.0 Å². The van der Waals surface area contributed by atoms with Gasteiger partial charge in [0.2, 0.25) is 10.0 Å². The number of carbonyl (C=O) groups is 1. The first kappa shape index (κ1) is 15.7. The Morgan fingerprint density at radius 1 is 1.33 bits per heavy atom. The molecular weight excluding hydrogens is 290 g/mol. The van der Waals surface area contributed by atoms with E-state index in [4.69, 9.17) is 4.74 Å². The van der Waals surface area contributed by atoms with Gasteiger partial charge in [0.25, 0.3) is 0 Å². The van der Waals surface area contributed by atoms with Gasteiger partial charge < -0.3 is 4.74 Å². The third kappa shape index (κ3) is 3.33. The second-order valence-corrected chi connectivity index (χ2v) is 6.83. The molecule has 21 heavy (non-hydrogen) atoms. The maximum atomic E-state index is 12.5. The van der Waals surface area contributed by atoms with E-state index in [1.807, 2.05) is 13.8 Å². The summed E-state index contributed by atoms with van der Waals surface area (Å²) in [6.45, 7) is 5.74. The number of carbonyl (C=O) groups excluding carboxylic acids is 1. The fourth-order valence-electron chi connectivity index (χ4n) is 2.17. The molecule has 114 valence electrons. The Kier molecular flexibility index (Phi) is 4.49. The van der Waals surface area contributed by atoms with Gasteiger partial charge in [-0.1, -0.05) is 23.8 Å². The normalized spacial score (nSPS) is 25.0. The van der Waals surface area contributed by atoms with Crippen LogP contribution in [-0.2, 0) is 19.6 Å². The lowest BCUT2D eigenvalue weighted by atomic mass is 10.2. The highest BCUT2D eigenvalue weighted by Gasteiger charge is 2.51. The van der Waals surface area contributed by atoms with Crippen LogP contribution in [0.2, 0.25) is 0 Å². The zero-order valence-electron chi connectivity index (χ0n) is 12.3. The highest BCUT2D eigenvalue weighted by molar-refractivity contribution is 7.89. The van der Waals surface area contributed by atoms with Crippen molar-refractivity contribution in [1.82, 2.24) is 4.31 Å². The van der Waals surface area contributed by atoms with Crippen molar-refractivity contribution in [3.05, 3.63) is 42.0 Å². The number of ether oxygens (including phenoxy) is 1. The molecule has 0 N–H and O–H groups in total. The number of hydrogen-bond acceptors (Lipinski definition) is 4. The molecule has 0 radical (unpaired) electrons. The zero-order chi connectivity index (χ0) is 15.6. The van der Waals surface area contributed by atoms with Crippen LogP contribution in [0.3, 0.4) is 0 Å². The van der Waals surface area contributed by atoms with Crippen LogP contribution in [0, 0.1) is 6.92 Å². The monoisotopic (exact) mass is 309 g/mol.